The number of aromatic nitrogens is 1. The first-order chi connectivity index (χ1) is 14.0. The van der Waals surface area contributed by atoms with Crippen LogP contribution in [0, 0.1) is 12.8 Å². The molecule has 0 bridgehead atoms. The number of nitrogens with zero attached hydrogens (tertiary/aromatic N) is 2. The predicted octanol–water partition coefficient (Wildman–Crippen LogP) is 4.34. The molecule has 0 saturated carbocycles. The zero-order chi connectivity index (χ0) is 20.4. The Morgan fingerprint density at radius 2 is 1.72 bits per heavy atom. The van der Waals surface area contributed by atoms with E-state index in [0.29, 0.717) is 30.1 Å². The lowest BCUT2D eigenvalue weighted by Gasteiger charge is -2.32. The molecule has 0 radical (unpaired) electrons. The van der Waals surface area contributed by atoms with Gasteiger partial charge in [-0.25, -0.2) is 4.79 Å². The van der Waals surface area contributed by atoms with Crippen molar-refractivity contribution in [1.29, 1.82) is 0 Å². The van der Waals surface area contributed by atoms with Crippen molar-refractivity contribution < 1.29 is 14.7 Å². The highest BCUT2D eigenvalue weighted by Gasteiger charge is 2.26. The number of benzene rings is 2. The molecule has 1 fully saturated rings. The number of rotatable bonds is 4. The summed E-state index contributed by atoms with van der Waals surface area (Å²) in [5, 5.41) is 10.3. The Balaban J connectivity index is 1.47. The topological polar surface area (TPSA) is 70.5 Å². The fourth-order valence-corrected chi connectivity index (χ4v) is 4.21. The second kappa shape index (κ2) is 8.03. The van der Waals surface area contributed by atoms with E-state index in [1.165, 1.54) is 0 Å². The van der Waals surface area contributed by atoms with E-state index in [2.05, 4.69) is 4.98 Å². The van der Waals surface area contributed by atoms with Crippen molar-refractivity contribution in [3.05, 3.63) is 77.0 Å². The number of para-hydroxylation sites is 1. The third kappa shape index (κ3) is 3.99. The molecule has 2 heterocycles. The molecule has 0 aliphatic carbocycles. The van der Waals surface area contributed by atoms with Gasteiger partial charge in [0.05, 0.1) is 16.6 Å². The van der Waals surface area contributed by atoms with Crippen molar-refractivity contribution in [2.24, 2.45) is 5.92 Å². The van der Waals surface area contributed by atoms with Gasteiger partial charge in [-0.1, -0.05) is 36.4 Å². The van der Waals surface area contributed by atoms with Crippen LogP contribution in [-0.2, 0) is 6.42 Å². The van der Waals surface area contributed by atoms with Crippen LogP contribution in [0.15, 0.2) is 54.6 Å². The lowest BCUT2D eigenvalue weighted by molar-refractivity contribution is 0.0692. The highest BCUT2D eigenvalue weighted by molar-refractivity contribution is 6.06. The Hall–Kier alpha value is -3.21. The average Bonchev–Trinajstić information content (AvgIpc) is 2.73. The summed E-state index contributed by atoms with van der Waals surface area (Å²) in [5.41, 5.74) is 3.65. The summed E-state index contributed by atoms with van der Waals surface area (Å²) in [4.78, 5) is 31.1. The van der Waals surface area contributed by atoms with Gasteiger partial charge >= 0.3 is 5.97 Å². The van der Waals surface area contributed by atoms with E-state index in [0.717, 1.165) is 41.4 Å². The molecular weight excluding hydrogens is 364 g/mol. The highest BCUT2D eigenvalue weighted by Crippen LogP contribution is 2.26. The van der Waals surface area contributed by atoms with Gasteiger partial charge < -0.3 is 10.0 Å². The fraction of sp³-hybridized carbons (Fsp3) is 0.292. The van der Waals surface area contributed by atoms with Gasteiger partial charge in [-0.2, -0.15) is 0 Å². The van der Waals surface area contributed by atoms with Crippen LogP contribution in [-0.4, -0.2) is 40.0 Å². The second-order valence-corrected chi connectivity index (χ2v) is 7.73. The maximum Gasteiger partial charge on any atom is 0.335 e. The van der Waals surface area contributed by atoms with Gasteiger partial charge in [-0.05, 0) is 55.9 Å². The van der Waals surface area contributed by atoms with E-state index in [-0.39, 0.29) is 5.91 Å². The molecule has 1 saturated heterocycles. The summed E-state index contributed by atoms with van der Waals surface area (Å²) in [7, 11) is 0. The second-order valence-electron chi connectivity index (χ2n) is 7.73. The third-order valence-corrected chi connectivity index (χ3v) is 5.73. The number of hydrogen-bond donors (Lipinski definition) is 1. The standard InChI is InChI=1S/C24H24N2O3/c1-16-14-21(20-8-4-5-9-22(20)25-16)23(27)26-12-10-17(11-13-26)15-18-6-2-3-7-19(18)24(28)29/h2-9,14,17H,10-13,15H2,1H3,(H,28,29). The minimum atomic E-state index is -0.881. The van der Waals surface area contributed by atoms with Crippen LogP contribution in [0.4, 0.5) is 0 Å². The van der Waals surface area contributed by atoms with E-state index in [1.807, 2.05) is 54.3 Å². The van der Waals surface area contributed by atoms with Gasteiger partial charge in [0.15, 0.2) is 0 Å². The molecule has 5 heteroatoms. The average molecular weight is 388 g/mol. The number of piperidine rings is 1. The summed E-state index contributed by atoms with van der Waals surface area (Å²) in [5.74, 6) is -0.445. The lowest BCUT2D eigenvalue weighted by atomic mass is 9.88. The Bertz CT molecular complexity index is 1070. The third-order valence-electron chi connectivity index (χ3n) is 5.73. The summed E-state index contributed by atoms with van der Waals surface area (Å²) in [6.07, 6.45) is 2.49. The molecule has 148 valence electrons. The molecule has 0 unspecified atom stereocenters. The van der Waals surface area contributed by atoms with Gasteiger partial charge in [0, 0.05) is 24.2 Å². The lowest BCUT2D eigenvalue weighted by Crippen LogP contribution is -2.39. The van der Waals surface area contributed by atoms with E-state index in [4.69, 9.17) is 0 Å². The van der Waals surface area contributed by atoms with Gasteiger partial charge in [0.1, 0.15) is 0 Å². The molecule has 1 aliphatic rings. The Morgan fingerprint density at radius 1 is 1.03 bits per heavy atom. The molecule has 1 aromatic heterocycles. The zero-order valence-corrected chi connectivity index (χ0v) is 16.5. The van der Waals surface area contributed by atoms with Crippen LogP contribution in [0.25, 0.3) is 10.9 Å². The molecule has 0 spiro atoms. The number of aromatic carboxylic acids is 1. The molecule has 1 aliphatic heterocycles. The molecule has 5 nitrogen and oxygen atoms in total. The number of carbonyl (C=O) groups excluding carboxylic acids is 1. The zero-order valence-electron chi connectivity index (χ0n) is 16.5. The summed E-state index contributed by atoms with van der Waals surface area (Å²) >= 11 is 0. The van der Waals surface area contributed by atoms with Crippen LogP contribution >= 0.6 is 0 Å². The van der Waals surface area contributed by atoms with Crippen LogP contribution in [0.2, 0.25) is 0 Å². The van der Waals surface area contributed by atoms with Crippen molar-refractivity contribution in [2.75, 3.05) is 13.1 Å². The molecule has 1 amide bonds. The van der Waals surface area contributed by atoms with Crippen molar-refractivity contribution in [3.8, 4) is 0 Å². The van der Waals surface area contributed by atoms with E-state index in [1.54, 1.807) is 12.1 Å². The molecule has 4 rings (SSSR count). The number of hydrogen-bond acceptors (Lipinski definition) is 3. The summed E-state index contributed by atoms with van der Waals surface area (Å²) in [6, 6.07) is 16.8. The quantitative estimate of drug-likeness (QED) is 0.722. The van der Waals surface area contributed by atoms with E-state index in [9.17, 15) is 14.7 Å². The van der Waals surface area contributed by atoms with Crippen LogP contribution < -0.4 is 0 Å². The monoisotopic (exact) mass is 388 g/mol. The smallest absolute Gasteiger partial charge is 0.335 e. The first kappa shape index (κ1) is 19.1. The number of likely N-dealkylation sites (tertiary alicyclic amines) is 1. The van der Waals surface area contributed by atoms with Gasteiger partial charge in [-0.15, -0.1) is 0 Å². The normalized spacial score (nSPS) is 14.9. The van der Waals surface area contributed by atoms with Crippen molar-refractivity contribution in [2.45, 2.75) is 26.2 Å². The summed E-state index contributed by atoms with van der Waals surface area (Å²) in [6.45, 7) is 3.29. The first-order valence-corrected chi connectivity index (χ1v) is 10.00. The largest absolute Gasteiger partial charge is 0.478 e. The maximum absolute atomic E-state index is 13.2. The van der Waals surface area contributed by atoms with Crippen LogP contribution in [0.3, 0.4) is 0 Å². The Morgan fingerprint density at radius 3 is 2.48 bits per heavy atom. The maximum atomic E-state index is 13.2. The van der Waals surface area contributed by atoms with Gasteiger partial charge in [-0.3, -0.25) is 9.78 Å². The Kier molecular flexibility index (Phi) is 5.30. The minimum Gasteiger partial charge on any atom is -0.478 e. The molecule has 1 N–H and O–H groups in total. The van der Waals surface area contributed by atoms with Crippen molar-refractivity contribution in [1.82, 2.24) is 9.88 Å². The number of pyridine rings is 1. The minimum absolute atomic E-state index is 0.0519. The predicted molar refractivity (Wildman–Crippen MR) is 112 cm³/mol. The van der Waals surface area contributed by atoms with Crippen molar-refractivity contribution in [3.63, 3.8) is 0 Å². The Labute approximate surface area is 170 Å². The molecule has 3 aromatic rings. The number of aryl methyl sites for hydroxylation is 1. The number of carbonyl (C=O) groups is 2. The highest BCUT2D eigenvalue weighted by atomic mass is 16.4. The van der Waals surface area contributed by atoms with Gasteiger partial charge in [0.2, 0.25) is 0 Å². The molecule has 2 aromatic carbocycles. The first-order valence-electron chi connectivity index (χ1n) is 10.00. The summed E-state index contributed by atoms with van der Waals surface area (Å²) < 4.78 is 0. The molecular formula is C24H24N2O3. The number of fused-ring (bicyclic) bond motifs is 1. The van der Waals surface area contributed by atoms with Crippen LogP contribution in [0.5, 0.6) is 0 Å². The molecule has 0 atom stereocenters. The van der Waals surface area contributed by atoms with Crippen molar-refractivity contribution >= 4 is 22.8 Å². The number of amides is 1. The van der Waals surface area contributed by atoms with Crippen LogP contribution in [0.1, 0.15) is 44.8 Å². The van der Waals surface area contributed by atoms with E-state index >= 15 is 0 Å². The molecule has 29 heavy (non-hydrogen) atoms. The van der Waals surface area contributed by atoms with Gasteiger partial charge in [0.25, 0.3) is 5.91 Å². The number of carboxylic acid groups (broad SMARTS) is 1. The van der Waals surface area contributed by atoms with E-state index < -0.39 is 5.97 Å². The SMILES string of the molecule is Cc1cc(C(=O)N2CCC(Cc3ccccc3C(=O)O)CC2)c2ccccc2n1. The number of carboxylic acids is 1. The fourth-order valence-electron chi connectivity index (χ4n) is 4.21.